The molecule has 0 N–H and O–H groups in total. The van der Waals surface area contributed by atoms with Crippen LogP contribution in [0.1, 0.15) is 22.4 Å². The van der Waals surface area contributed by atoms with E-state index in [0.29, 0.717) is 22.0 Å². The van der Waals surface area contributed by atoms with Crippen molar-refractivity contribution in [2.24, 2.45) is 0 Å². The first-order valence-electron chi connectivity index (χ1n) is 6.28. The molecule has 1 heterocycles. The predicted molar refractivity (Wildman–Crippen MR) is 79.8 cm³/mol. The fourth-order valence-electron chi connectivity index (χ4n) is 2.04. The molecule has 0 aliphatic rings. The van der Waals surface area contributed by atoms with Crippen LogP contribution in [-0.2, 0) is 6.54 Å². The van der Waals surface area contributed by atoms with Gasteiger partial charge in [0.15, 0.2) is 0 Å². The number of aryl methyl sites for hydroxylation is 1. The van der Waals surface area contributed by atoms with Crippen molar-refractivity contribution >= 4 is 11.6 Å². The monoisotopic (exact) mass is 303 g/mol. The maximum absolute atomic E-state index is 12.3. The third-order valence-corrected chi connectivity index (χ3v) is 3.55. The van der Waals surface area contributed by atoms with Gasteiger partial charge in [0.2, 0.25) is 0 Å². The number of aromatic nitrogens is 2. The van der Waals surface area contributed by atoms with Gasteiger partial charge in [0, 0.05) is 10.6 Å². The van der Waals surface area contributed by atoms with Gasteiger partial charge in [0.1, 0.15) is 17.4 Å². The largest absolute Gasteiger partial charge is 0.496 e. The predicted octanol–water partition coefficient (Wildman–Crippen LogP) is 2.44. The summed E-state index contributed by atoms with van der Waals surface area (Å²) in [5.41, 5.74) is 1.68. The molecule has 0 atom stereocenters. The first kappa shape index (κ1) is 15.1. The first-order chi connectivity index (χ1) is 9.97. The number of benzene rings is 1. The van der Waals surface area contributed by atoms with Crippen LogP contribution in [0.2, 0.25) is 5.02 Å². The normalized spacial score (nSPS) is 10.2. The zero-order valence-electron chi connectivity index (χ0n) is 12.0. The smallest absolute Gasteiger partial charge is 0.285 e. The number of methoxy groups -OCH3 is 1. The van der Waals surface area contributed by atoms with E-state index < -0.39 is 5.56 Å². The van der Waals surface area contributed by atoms with Crippen LogP contribution in [0.3, 0.4) is 0 Å². The third-order valence-electron chi connectivity index (χ3n) is 3.31. The minimum absolute atomic E-state index is 0.114. The molecule has 0 unspecified atom stereocenters. The Morgan fingerprint density at radius 1 is 1.43 bits per heavy atom. The number of rotatable bonds is 3. The molecule has 0 aliphatic heterocycles. The molecule has 0 aliphatic carbocycles. The molecule has 0 saturated heterocycles. The van der Waals surface area contributed by atoms with Crippen LogP contribution in [0.5, 0.6) is 5.75 Å². The fourth-order valence-corrected chi connectivity index (χ4v) is 2.24. The number of hydrogen-bond donors (Lipinski definition) is 0. The number of nitriles is 1. The van der Waals surface area contributed by atoms with E-state index in [9.17, 15) is 4.79 Å². The summed E-state index contributed by atoms with van der Waals surface area (Å²) < 4.78 is 6.52. The molecule has 1 aromatic heterocycles. The Bertz CT molecular complexity index is 791. The maximum atomic E-state index is 12.3. The van der Waals surface area contributed by atoms with Gasteiger partial charge in [-0.25, -0.2) is 4.68 Å². The number of ether oxygens (including phenoxy) is 1. The minimum Gasteiger partial charge on any atom is -0.496 e. The van der Waals surface area contributed by atoms with Crippen molar-refractivity contribution in [2.75, 3.05) is 7.11 Å². The molecule has 0 spiro atoms. The average molecular weight is 304 g/mol. The van der Waals surface area contributed by atoms with Crippen molar-refractivity contribution in [3.05, 3.63) is 56.0 Å². The van der Waals surface area contributed by atoms with Gasteiger partial charge in [-0.2, -0.15) is 10.4 Å². The molecule has 5 nitrogen and oxygen atoms in total. The molecule has 0 fully saturated rings. The first-order valence-corrected chi connectivity index (χ1v) is 6.66. The fraction of sp³-hybridized carbons (Fsp3) is 0.267. The highest BCUT2D eigenvalue weighted by Gasteiger charge is 2.13. The van der Waals surface area contributed by atoms with Gasteiger partial charge in [-0.15, -0.1) is 0 Å². The summed E-state index contributed by atoms with van der Waals surface area (Å²) in [6, 6.07) is 7.10. The van der Waals surface area contributed by atoms with Crippen LogP contribution >= 0.6 is 11.6 Å². The van der Waals surface area contributed by atoms with Crippen molar-refractivity contribution in [2.45, 2.75) is 20.4 Å². The summed E-state index contributed by atoms with van der Waals surface area (Å²) in [5.74, 6) is 0.616. The lowest BCUT2D eigenvalue weighted by Gasteiger charge is -2.12. The van der Waals surface area contributed by atoms with Crippen LogP contribution in [0.4, 0.5) is 0 Å². The van der Waals surface area contributed by atoms with Crippen LogP contribution in [0, 0.1) is 25.2 Å². The summed E-state index contributed by atoms with van der Waals surface area (Å²) >= 11 is 5.98. The molecule has 108 valence electrons. The molecule has 0 bridgehead atoms. The third kappa shape index (κ3) is 2.91. The number of halogens is 1. The molecular weight excluding hydrogens is 290 g/mol. The van der Waals surface area contributed by atoms with Crippen LogP contribution in [-0.4, -0.2) is 16.9 Å². The van der Waals surface area contributed by atoms with E-state index in [1.54, 1.807) is 39.2 Å². The van der Waals surface area contributed by atoms with Crippen molar-refractivity contribution in [1.29, 1.82) is 5.26 Å². The Balaban J connectivity index is 2.56. The second kappa shape index (κ2) is 5.98. The lowest BCUT2D eigenvalue weighted by molar-refractivity contribution is 0.406. The van der Waals surface area contributed by atoms with Gasteiger partial charge in [0.25, 0.3) is 5.56 Å². The topological polar surface area (TPSA) is 67.9 Å². The number of hydrogen-bond acceptors (Lipinski definition) is 4. The van der Waals surface area contributed by atoms with E-state index in [0.717, 1.165) is 5.56 Å². The minimum atomic E-state index is -0.414. The molecule has 0 saturated carbocycles. The van der Waals surface area contributed by atoms with Gasteiger partial charge in [-0.05, 0) is 37.6 Å². The Morgan fingerprint density at radius 3 is 2.76 bits per heavy atom. The van der Waals surface area contributed by atoms with Crippen LogP contribution in [0.25, 0.3) is 0 Å². The van der Waals surface area contributed by atoms with Crippen molar-refractivity contribution in [3.8, 4) is 11.8 Å². The lowest BCUT2D eigenvalue weighted by Crippen LogP contribution is -2.28. The quantitative estimate of drug-likeness (QED) is 0.873. The summed E-state index contributed by atoms with van der Waals surface area (Å²) in [6.45, 7) is 3.67. The molecule has 1 aromatic carbocycles. The summed E-state index contributed by atoms with van der Waals surface area (Å²) in [6.07, 6.45) is 0. The second-order valence-electron chi connectivity index (χ2n) is 4.62. The van der Waals surface area contributed by atoms with E-state index in [4.69, 9.17) is 21.6 Å². The SMILES string of the molecule is COc1ccc(Cl)cc1Cn1nc(C)c(C)c(C#N)c1=O. The Kier molecular flexibility index (Phi) is 4.29. The summed E-state index contributed by atoms with van der Waals surface area (Å²) in [7, 11) is 1.55. The van der Waals surface area contributed by atoms with Gasteiger partial charge in [0.05, 0.1) is 19.3 Å². The van der Waals surface area contributed by atoms with Gasteiger partial charge in [-0.1, -0.05) is 11.6 Å². The summed E-state index contributed by atoms with van der Waals surface area (Å²) in [4.78, 5) is 12.3. The van der Waals surface area contributed by atoms with Gasteiger partial charge >= 0.3 is 0 Å². The maximum Gasteiger partial charge on any atom is 0.285 e. The Morgan fingerprint density at radius 2 is 2.14 bits per heavy atom. The van der Waals surface area contributed by atoms with Crippen molar-refractivity contribution in [1.82, 2.24) is 9.78 Å². The molecular formula is C15H14ClN3O2. The molecule has 0 radical (unpaired) electrons. The second-order valence-corrected chi connectivity index (χ2v) is 5.05. The molecule has 2 aromatic rings. The lowest BCUT2D eigenvalue weighted by atomic mass is 10.1. The van der Waals surface area contributed by atoms with E-state index >= 15 is 0 Å². The highest BCUT2D eigenvalue weighted by atomic mass is 35.5. The van der Waals surface area contributed by atoms with E-state index in [2.05, 4.69) is 5.10 Å². The standard InChI is InChI=1S/C15H14ClN3O2/c1-9-10(2)18-19(15(20)13(9)7-17)8-11-6-12(16)4-5-14(11)21-3/h4-6H,8H2,1-3H3. The Hall–Kier alpha value is -2.32. The summed E-state index contributed by atoms with van der Waals surface area (Å²) in [5, 5.41) is 13.9. The highest BCUT2D eigenvalue weighted by molar-refractivity contribution is 6.30. The molecule has 21 heavy (non-hydrogen) atoms. The van der Waals surface area contributed by atoms with Gasteiger partial charge < -0.3 is 4.74 Å². The van der Waals surface area contributed by atoms with Crippen LogP contribution in [0.15, 0.2) is 23.0 Å². The van der Waals surface area contributed by atoms with Crippen molar-refractivity contribution < 1.29 is 4.74 Å². The highest BCUT2D eigenvalue weighted by Crippen LogP contribution is 2.23. The number of nitrogens with zero attached hydrogens (tertiary/aromatic N) is 3. The molecule has 0 amide bonds. The Labute approximate surface area is 127 Å². The van der Waals surface area contributed by atoms with Crippen LogP contribution < -0.4 is 10.3 Å². The van der Waals surface area contributed by atoms with E-state index in [1.165, 1.54) is 4.68 Å². The molecule has 2 rings (SSSR count). The van der Waals surface area contributed by atoms with E-state index in [-0.39, 0.29) is 12.1 Å². The molecule has 6 heteroatoms. The van der Waals surface area contributed by atoms with E-state index in [1.807, 2.05) is 6.07 Å². The zero-order valence-corrected chi connectivity index (χ0v) is 12.7. The zero-order chi connectivity index (χ0) is 15.6. The van der Waals surface area contributed by atoms with Crippen molar-refractivity contribution in [3.63, 3.8) is 0 Å². The van der Waals surface area contributed by atoms with Gasteiger partial charge in [-0.3, -0.25) is 4.79 Å². The average Bonchev–Trinajstić information content (AvgIpc) is 2.46.